The number of hydrogen-bond acceptors (Lipinski definition) is 2. The summed E-state index contributed by atoms with van der Waals surface area (Å²) in [6.45, 7) is 0.413. The van der Waals surface area contributed by atoms with Gasteiger partial charge < -0.3 is 9.72 Å². The Kier molecular flexibility index (Phi) is 1.98. The fraction of sp³-hybridized carbons (Fsp3) is 0.222. The Bertz CT molecular complexity index is 424. The van der Waals surface area contributed by atoms with Gasteiger partial charge in [0.15, 0.2) is 0 Å². The molecule has 13 heavy (non-hydrogen) atoms. The first-order valence-corrected chi connectivity index (χ1v) is 3.92. The molecule has 0 atom stereocenters. The molecule has 0 aliphatic rings. The highest BCUT2D eigenvalue weighted by molar-refractivity contribution is 5.74. The summed E-state index contributed by atoms with van der Waals surface area (Å²) in [7, 11) is 1.59. The standard InChI is InChI=1S/C9H9FN2O/c1-13-5-9-11-7-3-2-6(10)4-8(7)12-9/h2-4H,5H2,1H3,(H,11,12). The van der Waals surface area contributed by atoms with E-state index < -0.39 is 0 Å². The minimum atomic E-state index is -0.264. The minimum absolute atomic E-state index is 0.264. The second-order valence-electron chi connectivity index (χ2n) is 2.78. The van der Waals surface area contributed by atoms with Crippen molar-refractivity contribution in [2.75, 3.05) is 7.11 Å². The zero-order valence-corrected chi connectivity index (χ0v) is 7.17. The lowest BCUT2D eigenvalue weighted by Gasteiger charge is -1.89. The maximum absolute atomic E-state index is 12.8. The molecule has 0 amide bonds. The van der Waals surface area contributed by atoms with Crippen LogP contribution in [0.3, 0.4) is 0 Å². The fourth-order valence-corrected chi connectivity index (χ4v) is 1.24. The summed E-state index contributed by atoms with van der Waals surface area (Å²) in [6, 6.07) is 4.45. The summed E-state index contributed by atoms with van der Waals surface area (Å²) in [6.07, 6.45) is 0. The molecule has 68 valence electrons. The van der Waals surface area contributed by atoms with E-state index in [2.05, 4.69) is 9.97 Å². The molecule has 0 bridgehead atoms. The summed E-state index contributed by atoms with van der Waals surface area (Å²) in [5, 5.41) is 0. The van der Waals surface area contributed by atoms with Crippen molar-refractivity contribution in [3.8, 4) is 0 Å². The Labute approximate surface area is 74.6 Å². The Hall–Kier alpha value is -1.42. The molecule has 0 fully saturated rings. The van der Waals surface area contributed by atoms with Gasteiger partial charge in [0.25, 0.3) is 0 Å². The lowest BCUT2D eigenvalue weighted by atomic mass is 10.3. The molecule has 1 heterocycles. The van der Waals surface area contributed by atoms with Gasteiger partial charge in [0.1, 0.15) is 18.2 Å². The normalized spacial score (nSPS) is 10.9. The summed E-state index contributed by atoms with van der Waals surface area (Å²) in [5.41, 5.74) is 1.46. The van der Waals surface area contributed by atoms with Gasteiger partial charge in [-0.15, -0.1) is 0 Å². The number of benzene rings is 1. The van der Waals surface area contributed by atoms with Gasteiger partial charge in [-0.05, 0) is 18.2 Å². The van der Waals surface area contributed by atoms with Crippen LogP contribution in [0.25, 0.3) is 11.0 Å². The van der Waals surface area contributed by atoms with Crippen LogP contribution in [0.5, 0.6) is 0 Å². The highest BCUT2D eigenvalue weighted by Crippen LogP contribution is 2.12. The maximum Gasteiger partial charge on any atom is 0.133 e. The Morgan fingerprint density at radius 2 is 2.38 bits per heavy atom. The van der Waals surface area contributed by atoms with E-state index in [0.717, 1.165) is 5.52 Å². The van der Waals surface area contributed by atoms with Crippen LogP contribution in [0, 0.1) is 5.82 Å². The van der Waals surface area contributed by atoms with Crippen LogP contribution >= 0.6 is 0 Å². The van der Waals surface area contributed by atoms with E-state index in [1.807, 2.05) is 0 Å². The fourth-order valence-electron chi connectivity index (χ4n) is 1.24. The van der Waals surface area contributed by atoms with Crippen molar-refractivity contribution in [3.05, 3.63) is 29.8 Å². The Balaban J connectivity index is 2.49. The van der Waals surface area contributed by atoms with E-state index in [9.17, 15) is 4.39 Å². The topological polar surface area (TPSA) is 37.9 Å². The molecule has 0 saturated carbocycles. The molecule has 0 aliphatic heterocycles. The number of methoxy groups -OCH3 is 1. The quantitative estimate of drug-likeness (QED) is 0.765. The van der Waals surface area contributed by atoms with Gasteiger partial charge in [-0.25, -0.2) is 9.37 Å². The molecule has 0 spiro atoms. The SMILES string of the molecule is COCc1nc2ccc(F)cc2[nH]1. The number of nitrogens with zero attached hydrogens (tertiary/aromatic N) is 1. The van der Waals surface area contributed by atoms with Crippen LogP contribution in [0.1, 0.15) is 5.82 Å². The van der Waals surface area contributed by atoms with Crippen molar-refractivity contribution >= 4 is 11.0 Å². The van der Waals surface area contributed by atoms with Gasteiger partial charge in [0.2, 0.25) is 0 Å². The third-order valence-electron chi connectivity index (χ3n) is 1.77. The molecule has 0 saturated heterocycles. The molecule has 0 radical (unpaired) electrons. The van der Waals surface area contributed by atoms with Crippen molar-refractivity contribution in [2.24, 2.45) is 0 Å². The summed E-state index contributed by atoms with van der Waals surface area (Å²) in [4.78, 5) is 7.16. The predicted molar refractivity (Wildman–Crippen MR) is 46.8 cm³/mol. The molecule has 0 aliphatic carbocycles. The van der Waals surface area contributed by atoms with E-state index in [1.165, 1.54) is 12.1 Å². The lowest BCUT2D eigenvalue weighted by Crippen LogP contribution is -1.88. The molecule has 3 nitrogen and oxygen atoms in total. The number of imidazole rings is 1. The zero-order chi connectivity index (χ0) is 9.26. The molecule has 2 rings (SSSR count). The molecule has 4 heteroatoms. The van der Waals surface area contributed by atoms with Crippen LogP contribution in [0.2, 0.25) is 0 Å². The number of hydrogen-bond donors (Lipinski definition) is 1. The largest absolute Gasteiger partial charge is 0.377 e. The van der Waals surface area contributed by atoms with Gasteiger partial charge in [-0.3, -0.25) is 0 Å². The highest BCUT2D eigenvalue weighted by Gasteiger charge is 2.02. The van der Waals surface area contributed by atoms with Crippen LogP contribution in [-0.4, -0.2) is 17.1 Å². The van der Waals surface area contributed by atoms with E-state index in [1.54, 1.807) is 13.2 Å². The number of halogens is 1. The third-order valence-corrected chi connectivity index (χ3v) is 1.77. The Morgan fingerprint density at radius 3 is 3.15 bits per heavy atom. The van der Waals surface area contributed by atoms with Crippen LogP contribution in [0.4, 0.5) is 4.39 Å². The molecule has 1 N–H and O–H groups in total. The monoisotopic (exact) mass is 180 g/mol. The average Bonchev–Trinajstić information content (AvgIpc) is 2.46. The second-order valence-corrected chi connectivity index (χ2v) is 2.78. The number of ether oxygens (including phenoxy) is 1. The van der Waals surface area contributed by atoms with Crippen molar-refractivity contribution in [1.82, 2.24) is 9.97 Å². The van der Waals surface area contributed by atoms with E-state index in [0.29, 0.717) is 17.9 Å². The van der Waals surface area contributed by atoms with E-state index in [4.69, 9.17) is 4.74 Å². The minimum Gasteiger partial charge on any atom is -0.377 e. The summed E-state index contributed by atoms with van der Waals surface area (Å²) >= 11 is 0. The van der Waals surface area contributed by atoms with Crippen molar-refractivity contribution in [3.63, 3.8) is 0 Å². The van der Waals surface area contributed by atoms with Crippen molar-refractivity contribution < 1.29 is 9.13 Å². The van der Waals surface area contributed by atoms with Crippen LogP contribution in [0.15, 0.2) is 18.2 Å². The number of aromatic amines is 1. The number of aromatic nitrogens is 2. The first kappa shape index (κ1) is 8.19. The second kappa shape index (κ2) is 3.14. The molecular formula is C9H9FN2O. The number of H-pyrrole nitrogens is 1. The molecular weight excluding hydrogens is 171 g/mol. The maximum atomic E-state index is 12.8. The van der Waals surface area contributed by atoms with E-state index in [-0.39, 0.29) is 5.82 Å². The van der Waals surface area contributed by atoms with Crippen LogP contribution in [-0.2, 0) is 11.3 Å². The highest BCUT2D eigenvalue weighted by atomic mass is 19.1. The van der Waals surface area contributed by atoms with Crippen molar-refractivity contribution in [1.29, 1.82) is 0 Å². The molecule has 1 aromatic heterocycles. The van der Waals surface area contributed by atoms with Gasteiger partial charge >= 0.3 is 0 Å². The van der Waals surface area contributed by atoms with Gasteiger partial charge in [0.05, 0.1) is 11.0 Å². The molecule has 2 aromatic rings. The van der Waals surface area contributed by atoms with Gasteiger partial charge in [-0.2, -0.15) is 0 Å². The third kappa shape index (κ3) is 1.53. The number of nitrogens with one attached hydrogen (secondary N) is 1. The van der Waals surface area contributed by atoms with Gasteiger partial charge in [0, 0.05) is 7.11 Å². The Morgan fingerprint density at radius 1 is 1.54 bits per heavy atom. The summed E-state index contributed by atoms with van der Waals surface area (Å²) < 4.78 is 17.7. The first-order chi connectivity index (χ1) is 6.29. The smallest absolute Gasteiger partial charge is 0.133 e. The molecule has 1 aromatic carbocycles. The van der Waals surface area contributed by atoms with Crippen molar-refractivity contribution in [2.45, 2.75) is 6.61 Å². The number of fused-ring (bicyclic) bond motifs is 1. The van der Waals surface area contributed by atoms with E-state index >= 15 is 0 Å². The molecule has 0 unspecified atom stereocenters. The average molecular weight is 180 g/mol. The number of rotatable bonds is 2. The van der Waals surface area contributed by atoms with Gasteiger partial charge in [-0.1, -0.05) is 0 Å². The van der Waals surface area contributed by atoms with Crippen LogP contribution < -0.4 is 0 Å². The summed E-state index contributed by atoms with van der Waals surface area (Å²) in [5.74, 6) is 0.447. The lowest BCUT2D eigenvalue weighted by molar-refractivity contribution is 0.179. The first-order valence-electron chi connectivity index (χ1n) is 3.92. The predicted octanol–water partition coefficient (Wildman–Crippen LogP) is 1.85. The zero-order valence-electron chi connectivity index (χ0n) is 7.17.